The summed E-state index contributed by atoms with van der Waals surface area (Å²) in [5, 5.41) is 12.2. The van der Waals surface area contributed by atoms with E-state index in [0.29, 0.717) is 56.1 Å². The van der Waals surface area contributed by atoms with Crippen molar-refractivity contribution >= 4 is 17.5 Å². The van der Waals surface area contributed by atoms with E-state index in [1.807, 2.05) is 6.07 Å². The molecule has 0 unspecified atom stereocenters. The summed E-state index contributed by atoms with van der Waals surface area (Å²) in [6, 6.07) is 10.8. The van der Waals surface area contributed by atoms with E-state index in [2.05, 4.69) is 21.4 Å². The van der Waals surface area contributed by atoms with Crippen LogP contribution in [0.3, 0.4) is 0 Å². The number of para-hydroxylation sites is 1. The molecule has 27 heavy (non-hydrogen) atoms. The lowest BCUT2D eigenvalue weighted by Crippen LogP contribution is -2.47. The number of nitrogens with one attached hydrogen (secondary N) is 1. The highest BCUT2D eigenvalue weighted by molar-refractivity contribution is 5.92. The molecule has 1 spiro atoms. The van der Waals surface area contributed by atoms with Crippen LogP contribution in [0.15, 0.2) is 36.5 Å². The Morgan fingerprint density at radius 3 is 2.67 bits per heavy atom. The standard InChI is InChI=1S/C19H19N5O3/c20-13-14-3-1-2-4-15(14)22-18-21-8-5-16(23-18)17(25)24-9-6-19(7-10-24)26-11-12-27-19/h1-5,8H,6-7,9-12H2,(H,21,22,23). The molecule has 0 atom stereocenters. The highest BCUT2D eigenvalue weighted by Crippen LogP contribution is 2.31. The predicted octanol–water partition coefficient (Wildman–Crippen LogP) is 2.07. The number of hydrogen-bond donors (Lipinski definition) is 1. The summed E-state index contributed by atoms with van der Waals surface area (Å²) in [5.74, 6) is -0.391. The Balaban J connectivity index is 1.46. The Morgan fingerprint density at radius 2 is 1.93 bits per heavy atom. The molecule has 2 saturated heterocycles. The van der Waals surface area contributed by atoms with Crippen molar-refractivity contribution < 1.29 is 14.3 Å². The topological polar surface area (TPSA) is 100 Å². The van der Waals surface area contributed by atoms with Gasteiger partial charge in [-0.25, -0.2) is 9.97 Å². The number of rotatable bonds is 3. The maximum atomic E-state index is 12.8. The third-order valence-electron chi connectivity index (χ3n) is 4.79. The van der Waals surface area contributed by atoms with Crippen LogP contribution in [0.4, 0.5) is 11.6 Å². The van der Waals surface area contributed by atoms with Gasteiger partial charge < -0.3 is 19.7 Å². The van der Waals surface area contributed by atoms with Crippen molar-refractivity contribution in [2.24, 2.45) is 0 Å². The van der Waals surface area contributed by atoms with Crippen LogP contribution < -0.4 is 5.32 Å². The number of piperidine rings is 1. The molecule has 8 heteroatoms. The van der Waals surface area contributed by atoms with Gasteiger partial charge in [0.2, 0.25) is 5.95 Å². The van der Waals surface area contributed by atoms with E-state index in [4.69, 9.17) is 9.47 Å². The monoisotopic (exact) mass is 365 g/mol. The molecular formula is C19H19N5O3. The smallest absolute Gasteiger partial charge is 0.272 e. The van der Waals surface area contributed by atoms with Gasteiger partial charge in [-0.2, -0.15) is 5.26 Å². The molecule has 0 aliphatic carbocycles. The molecule has 8 nitrogen and oxygen atoms in total. The number of benzene rings is 1. The van der Waals surface area contributed by atoms with Gasteiger partial charge in [0, 0.05) is 32.1 Å². The molecule has 2 aliphatic heterocycles. The van der Waals surface area contributed by atoms with E-state index in [0.717, 1.165) is 0 Å². The maximum Gasteiger partial charge on any atom is 0.272 e. The Kier molecular flexibility index (Phi) is 4.71. The summed E-state index contributed by atoms with van der Waals surface area (Å²) in [5.41, 5.74) is 1.39. The molecule has 1 aromatic carbocycles. The second kappa shape index (κ2) is 7.31. The molecule has 2 aromatic rings. The quantitative estimate of drug-likeness (QED) is 0.888. The van der Waals surface area contributed by atoms with Crippen molar-refractivity contribution in [3.05, 3.63) is 47.8 Å². The van der Waals surface area contributed by atoms with Crippen molar-refractivity contribution in [3.63, 3.8) is 0 Å². The van der Waals surface area contributed by atoms with E-state index in [1.165, 1.54) is 6.20 Å². The van der Waals surface area contributed by atoms with Gasteiger partial charge in [0.1, 0.15) is 11.8 Å². The van der Waals surface area contributed by atoms with Gasteiger partial charge in [-0.1, -0.05) is 12.1 Å². The first-order chi connectivity index (χ1) is 13.2. The van der Waals surface area contributed by atoms with Crippen LogP contribution in [0.25, 0.3) is 0 Å². The molecule has 2 aliphatic rings. The number of amides is 1. The predicted molar refractivity (Wildman–Crippen MR) is 96.2 cm³/mol. The number of carbonyl (C=O) groups excluding carboxylic acids is 1. The van der Waals surface area contributed by atoms with Crippen molar-refractivity contribution in [2.75, 3.05) is 31.6 Å². The number of nitriles is 1. The minimum atomic E-state index is -0.518. The maximum absolute atomic E-state index is 12.8. The van der Waals surface area contributed by atoms with Crippen LogP contribution in [0.5, 0.6) is 0 Å². The van der Waals surface area contributed by atoms with Crippen LogP contribution in [0.2, 0.25) is 0 Å². The molecule has 2 fully saturated rings. The Bertz CT molecular complexity index is 879. The number of hydrogen-bond acceptors (Lipinski definition) is 7. The molecule has 0 saturated carbocycles. The molecule has 0 radical (unpaired) electrons. The molecule has 4 rings (SSSR count). The molecule has 3 heterocycles. The van der Waals surface area contributed by atoms with E-state index >= 15 is 0 Å². The van der Waals surface area contributed by atoms with E-state index in [-0.39, 0.29) is 11.9 Å². The lowest BCUT2D eigenvalue weighted by molar-refractivity contribution is -0.181. The number of likely N-dealkylation sites (tertiary alicyclic amines) is 1. The zero-order valence-corrected chi connectivity index (χ0v) is 14.7. The van der Waals surface area contributed by atoms with Crippen LogP contribution in [0.1, 0.15) is 28.9 Å². The summed E-state index contributed by atoms with van der Waals surface area (Å²) in [7, 11) is 0. The van der Waals surface area contributed by atoms with E-state index in [1.54, 1.807) is 29.2 Å². The second-order valence-corrected chi connectivity index (χ2v) is 6.45. The lowest BCUT2D eigenvalue weighted by atomic mass is 10.0. The average Bonchev–Trinajstić information content (AvgIpc) is 3.17. The molecular weight excluding hydrogens is 346 g/mol. The van der Waals surface area contributed by atoms with Gasteiger partial charge in [0.15, 0.2) is 5.79 Å². The van der Waals surface area contributed by atoms with Crippen LogP contribution in [0, 0.1) is 11.3 Å². The Morgan fingerprint density at radius 1 is 1.19 bits per heavy atom. The van der Waals surface area contributed by atoms with Gasteiger partial charge in [0.25, 0.3) is 5.91 Å². The summed E-state index contributed by atoms with van der Waals surface area (Å²) in [4.78, 5) is 23.0. The minimum absolute atomic E-state index is 0.151. The summed E-state index contributed by atoms with van der Waals surface area (Å²) < 4.78 is 11.4. The molecule has 138 valence electrons. The first-order valence-corrected chi connectivity index (χ1v) is 8.85. The Hall–Kier alpha value is -3.02. The van der Waals surface area contributed by atoms with Crippen LogP contribution >= 0.6 is 0 Å². The van der Waals surface area contributed by atoms with Crippen LogP contribution in [-0.4, -0.2) is 52.9 Å². The largest absolute Gasteiger partial charge is 0.347 e. The molecule has 0 bridgehead atoms. The number of ether oxygens (including phenoxy) is 2. The van der Waals surface area contributed by atoms with Gasteiger partial charge in [-0.05, 0) is 18.2 Å². The zero-order valence-electron chi connectivity index (χ0n) is 14.7. The fourth-order valence-corrected chi connectivity index (χ4v) is 3.35. The van der Waals surface area contributed by atoms with E-state index in [9.17, 15) is 10.1 Å². The highest BCUT2D eigenvalue weighted by atomic mass is 16.7. The van der Waals surface area contributed by atoms with Crippen molar-refractivity contribution in [2.45, 2.75) is 18.6 Å². The number of aromatic nitrogens is 2. The van der Waals surface area contributed by atoms with Crippen molar-refractivity contribution in [1.29, 1.82) is 5.26 Å². The second-order valence-electron chi connectivity index (χ2n) is 6.45. The van der Waals surface area contributed by atoms with Crippen molar-refractivity contribution in [1.82, 2.24) is 14.9 Å². The van der Waals surface area contributed by atoms with Gasteiger partial charge in [0.05, 0.1) is 24.5 Å². The van der Waals surface area contributed by atoms with Crippen molar-refractivity contribution in [3.8, 4) is 6.07 Å². The number of anilines is 2. The van der Waals surface area contributed by atoms with Crippen LogP contribution in [-0.2, 0) is 9.47 Å². The summed E-state index contributed by atoms with van der Waals surface area (Å²) >= 11 is 0. The molecule has 1 amide bonds. The first kappa shape index (κ1) is 17.4. The summed E-state index contributed by atoms with van der Waals surface area (Å²) in [6.45, 7) is 2.34. The van der Waals surface area contributed by atoms with Gasteiger partial charge in [-0.3, -0.25) is 4.79 Å². The van der Waals surface area contributed by atoms with E-state index < -0.39 is 5.79 Å². The Labute approximate surface area is 156 Å². The molecule has 1 aromatic heterocycles. The number of nitrogens with zero attached hydrogens (tertiary/aromatic N) is 4. The van der Waals surface area contributed by atoms with Gasteiger partial charge >= 0.3 is 0 Å². The first-order valence-electron chi connectivity index (χ1n) is 8.85. The normalized spacial score (nSPS) is 18.3. The van der Waals surface area contributed by atoms with Gasteiger partial charge in [-0.15, -0.1) is 0 Å². The fraction of sp³-hybridized carbons (Fsp3) is 0.368. The zero-order chi connectivity index (χ0) is 18.7. The fourth-order valence-electron chi connectivity index (χ4n) is 3.35. The minimum Gasteiger partial charge on any atom is -0.347 e. The third-order valence-corrected chi connectivity index (χ3v) is 4.79. The molecule has 1 N–H and O–H groups in total. The SMILES string of the molecule is N#Cc1ccccc1Nc1nccc(C(=O)N2CCC3(CC2)OCCO3)n1. The highest BCUT2D eigenvalue weighted by Gasteiger charge is 2.41. The average molecular weight is 365 g/mol. The number of carbonyl (C=O) groups is 1. The third kappa shape index (κ3) is 3.60. The summed E-state index contributed by atoms with van der Waals surface area (Å²) in [6.07, 6.45) is 2.85. The lowest BCUT2D eigenvalue weighted by Gasteiger charge is -2.37.